The summed E-state index contributed by atoms with van der Waals surface area (Å²) in [6, 6.07) is 9.39. The van der Waals surface area contributed by atoms with Crippen LogP contribution in [0.3, 0.4) is 0 Å². The van der Waals surface area contributed by atoms with Gasteiger partial charge in [-0.2, -0.15) is 0 Å². The SMILES string of the molecule is CC1Nc2ccc(C(=O)NC34CC(C3)C(NC(=O)COc3ccc(Cl)c(F)c3)C4)cc2O1. The lowest BCUT2D eigenvalue weighted by molar-refractivity contribution is -0.124. The van der Waals surface area contributed by atoms with Gasteiger partial charge in [0.15, 0.2) is 12.8 Å². The number of anilines is 1. The molecule has 1 aliphatic heterocycles. The van der Waals surface area contributed by atoms with Gasteiger partial charge in [0.2, 0.25) is 0 Å². The van der Waals surface area contributed by atoms with E-state index in [2.05, 4.69) is 16.0 Å². The molecule has 3 aliphatic carbocycles. The predicted molar refractivity (Wildman–Crippen MR) is 117 cm³/mol. The van der Waals surface area contributed by atoms with Crippen molar-refractivity contribution in [3.8, 4) is 11.5 Å². The van der Waals surface area contributed by atoms with Gasteiger partial charge in [-0.3, -0.25) is 9.59 Å². The third kappa shape index (κ3) is 3.95. The normalized spacial score (nSPS) is 26.9. The molecule has 2 unspecified atom stereocenters. The number of carbonyl (C=O) groups excluding carboxylic acids is 2. The zero-order valence-corrected chi connectivity index (χ0v) is 18.2. The number of nitrogens with one attached hydrogen (secondary N) is 3. The Kier molecular flexibility index (Phi) is 5.12. The fourth-order valence-corrected chi connectivity index (χ4v) is 5.02. The van der Waals surface area contributed by atoms with Crippen LogP contribution in [0.25, 0.3) is 0 Å². The maximum atomic E-state index is 13.5. The average molecular weight is 460 g/mol. The Labute approximate surface area is 189 Å². The van der Waals surface area contributed by atoms with Gasteiger partial charge in [-0.1, -0.05) is 11.6 Å². The van der Waals surface area contributed by atoms with Crippen LogP contribution in [0.15, 0.2) is 36.4 Å². The smallest absolute Gasteiger partial charge is 0.258 e. The molecule has 7 nitrogen and oxygen atoms in total. The number of halogens is 2. The van der Waals surface area contributed by atoms with E-state index in [9.17, 15) is 14.0 Å². The van der Waals surface area contributed by atoms with Crippen LogP contribution in [0.1, 0.15) is 36.5 Å². The van der Waals surface area contributed by atoms with Gasteiger partial charge in [0, 0.05) is 23.2 Å². The molecule has 2 bridgehead atoms. The van der Waals surface area contributed by atoms with Crippen LogP contribution in [-0.2, 0) is 4.79 Å². The van der Waals surface area contributed by atoms with Gasteiger partial charge in [0.1, 0.15) is 17.3 Å². The Morgan fingerprint density at radius 2 is 2.06 bits per heavy atom. The maximum Gasteiger partial charge on any atom is 0.258 e. The van der Waals surface area contributed by atoms with E-state index in [0.29, 0.717) is 23.7 Å². The fourth-order valence-electron chi connectivity index (χ4n) is 4.90. The van der Waals surface area contributed by atoms with Crippen LogP contribution in [0, 0.1) is 11.7 Å². The molecule has 1 heterocycles. The lowest BCUT2D eigenvalue weighted by atomic mass is 9.76. The van der Waals surface area contributed by atoms with Gasteiger partial charge in [-0.25, -0.2) is 4.39 Å². The van der Waals surface area contributed by atoms with Crippen molar-refractivity contribution in [1.29, 1.82) is 0 Å². The van der Waals surface area contributed by atoms with E-state index in [0.717, 1.165) is 24.6 Å². The molecule has 9 heteroatoms. The number of fused-ring (bicyclic) bond motifs is 2. The van der Waals surface area contributed by atoms with Gasteiger partial charge >= 0.3 is 0 Å². The molecule has 6 rings (SSSR count). The standard InChI is InChI=1S/C23H23ClFN3O4/c1-12-26-18-5-2-13(6-20(18)32-12)22(30)28-23-8-14(9-23)19(10-23)27-21(29)11-31-15-3-4-16(24)17(25)7-15/h2-7,12,14,19,26H,8-11H2,1H3,(H,27,29)(H,28,30). The molecule has 3 saturated carbocycles. The van der Waals surface area contributed by atoms with Crippen LogP contribution in [0.2, 0.25) is 5.02 Å². The van der Waals surface area contributed by atoms with Crippen LogP contribution in [-0.4, -0.2) is 36.2 Å². The summed E-state index contributed by atoms with van der Waals surface area (Å²) in [4.78, 5) is 25.1. The van der Waals surface area contributed by atoms with E-state index < -0.39 is 5.82 Å². The molecule has 2 aromatic rings. The van der Waals surface area contributed by atoms with Crippen molar-refractivity contribution in [3.05, 3.63) is 52.8 Å². The van der Waals surface area contributed by atoms with Crippen molar-refractivity contribution in [3.63, 3.8) is 0 Å². The molecule has 0 saturated heterocycles. The van der Waals surface area contributed by atoms with E-state index in [4.69, 9.17) is 21.1 Å². The molecule has 0 spiro atoms. The first-order valence-electron chi connectivity index (χ1n) is 10.6. The highest BCUT2D eigenvalue weighted by Gasteiger charge is 2.57. The van der Waals surface area contributed by atoms with E-state index in [1.807, 2.05) is 13.0 Å². The summed E-state index contributed by atoms with van der Waals surface area (Å²) in [5, 5.41) is 9.31. The number of amides is 2. The highest BCUT2D eigenvalue weighted by atomic mass is 35.5. The first-order valence-corrected chi connectivity index (χ1v) is 10.9. The minimum Gasteiger partial charge on any atom is -0.484 e. The van der Waals surface area contributed by atoms with Gasteiger partial charge in [0.05, 0.1) is 10.7 Å². The topological polar surface area (TPSA) is 88.7 Å². The second kappa shape index (κ2) is 7.85. The van der Waals surface area contributed by atoms with Crippen molar-refractivity contribution in [1.82, 2.24) is 10.6 Å². The van der Waals surface area contributed by atoms with Gasteiger partial charge in [0.25, 0.3) is 11.8 Å². The molecular formula is C23H23ClFN3O4. The predicted octanol–water partition coefficient (Wildman–Crippen LogP) is 3.48. The lowest BCUT2D eigenvalue weighted by Gasteiger charge is -2.39. The van der Waals surface area contributed by atoms with Gasteiger partial charge in [-0.15, -0.1) is 0 Å². The van der Waals surface area contributed by atoms with Gasteiger partial charge in [-0.05, 0) is 62.4 Å². The number of hydrogen-bond acceptors (Lipinski definition) is 5. The quantitative estimate of drug-likeness (QED) is 0.615. The molecule has 168 valence electrons. The molecule has 2 atom stereocenters. The number of carbonyl (C=O) groups is 2. The Morgan fingerprint density at radius 3 is 2.84 bits per heavy atom. The first kappa shape index (κ1) is 20.9. The summed E-state index contributed by atoms with van der Waals surface area (Å²) in [6.07, 6.45) is 2.21. The summed E-state index contributed by atoms with van der Waals surface area (Å²) < 4.78 is 24.5. The Morgan fingerprint density at radius 1 is 1.25 bits per heavy atom. The van der Waals surface area contributed by atoms with Crippen LogP contribution in [0.5, 0.6) is 11.5 Å². The summed E-state index contributed by atoms with van der Waals surface area (Å²) >= 11 is 5.65. The van der Waals surface area contributed by atoms with Crippen LogP contribution < -0.4 is 25.4 Å². The fraction of sp³-hybridized carbons (Fsp3) is 0.391. The average Bonchev–Trinajstić information content (AvgIpc) is 3.37. The van der Waals surface area contributed by atoms with Gasteiger partial charge < -0.3 is 25.4 Å². The second-order valence-electron chi connectivity index (χ2n) is 8.76. The first-order chi connectivity index (χ1) is 15.3. The molecule has 3 N–H and O–H groups in total. The molecular weight excluding hydrogens is 437 g/mol. The number of rotatable bonds is 6. The maximum absolute atomic E-state index is 13.5. The highest BCUT2D eigenvalue weighted by molar-refractivity contribution is 6.30. The largest absolute Gasteiger partial charge is 0.484 e. The minimum atomic E-state index is -0.598. The van der Waals surface area contributed by atoms with Crippen LogP contribution >= 0.6 is 11.6 Å². The van der Waals surface area contributed by atoms with E-state index in [-0.39, 0.29) is 47.0 Å². The number of ether oxygens (including phenoxy) is 2. The number of hydrogen-bond donors (Lipinski definition) is 3. The number of benzene rings is 2. The lowest BCUT2D eigenvalue weighted by Crippen LogP contribution is -2.51. The monoisotopic (exact) mass is 459 g/mol. The van der Waals surface area contributed by atoms with E-state index in [1.54, 1.807) is 12.1 Å². The Bertz CT molecular complexity index is 1090. The third-order valence-corrected chi connectivity index (χ3v) is 6.68. The minimum absolute atomic E-state index is 0.00137. The molecule has 3 fully saturated rings. The summed E-state index contributed by atoms with van der Waals surface area (Å²) in [5.41, 5.74) is 1.13. The van der Waals surface area contributed by atoms with E-state index in [1.165, 1.54) is 12.1 Å². The van der Waals surface area contributed by atoms with Crippen LogP contribution in [0.4, 0.5) is 10.1 Å². The Hall–Kier alpha value is -3.00. The van der Waals surface area contributed by atoms with Crippen molar-refractivity contribution < 1.29 is 23.5 Å². The van der Waals surface area contributed by atoms with Crippen molar-refractivity contribution in [2.24, 2.45) is 5.92 Å². The van der Waals surface area contributed by atoms with E-state index >= 15 is 0 Å². The Balaban J connectivity index is 1.13. The molecule has 0 radical (unpaired) electrons. The van der Waals surface area contributed by atoms with Crippen molar-refractivity contribution in [2.45, 2.75) is 44.0 Å². The van der Waals surface area contributed by atoms with Crippen molar-refractivity contribution in [2.75, 3.05) is 11.9 Å². The highest BCUT2D eigenvalue weighted by Crippen LogP contribution is 2.52. The molecule has 32 heavy (non-hydrogen) atoms. The molecule has 2 aromatic carbocycles. The molecule has 2 amide bonds. The molecule has 4 aliphatic rings. The zero-order valence-electron chi connectivity index (χ0n) is 17.4. The summed E-state index contributed by atoms with van der Waals surface area (Å²) in [5.74, 6) is 0.210. The second-order valence-corrected chi connectivity index (χ2v) is 9.17. The zero-order chi connectivity index (χ0) is 22.5. The third-order valence-electron chi connectivity index (χ3n) is 6.38. The molecule has 0 aromatic heterocycles. The summed E-state index contributed by atoms with van der Waals surface area (Å²) in [6.45, 7) is 1.68. The summed E-state index contributed by atoms with van der Waals surface area (Å²) in [7, 11) is 0. The van der Waals surface area contributed by atoms with Crippen molar-refractivity contribution >= 4 is 29.1 Å².